The molecule has 1 aliphatic heterocycles. The molecule has 0 unspecified atom stereocenters. The van der Waals surface area contributed by atoms with Crippen LogP contribution in [0.15, 0.2) is 28.9 Å². The van der Waals surface area contributed by atoms with Gasteiger partial charge in [0.25, 0.3) is 0 Å². The number of hydrogen-bond acceptors (Lipinski definition) is 2. The van der Waals surface area contributed by atoms with Crippen LogP contribution in [0.5, 0.6) is 0 Å². The summed E-state index contributed by atoms with van der Waals surface area (Å²) in [5.74, 6) is 1.04. The zero-order valence-corrected chi connectivity index (χ0v) is 15.7. The minimum absolute atomic E-state index is 0.0447. The Bertz CT molecular complexity index is 754. The second-order valence-electron chi connectivity index (χ2n) is 6.40. The molecular weight excluding hydrogens is 373 g/mol. The summed E-state index contributed by atoms with van der Waals surface area (Å²) >= 11 is 3.65. The molecule has 1 amide bonds. The van der Waals surface area contributed by atoms with Crippen molar-refractivity contribution in [3.05, 3.63) is 40.5 Å². The molecule has 1 atom stereocenters. The molecule has 0 bridgehead atoms. The fourth-order valence-electron chi connectivity index (χ4n) is 3.31. The lowest BCUT2D eigenvalue weighted by Gasteiger charge is -2.38. The number of benzene rings is 1. The van der Waals surface area contributed by atoms with Gasteiger partial charge in [0.05, 0.1) is 6.04 Å². The molecule has 1 aromatic carbocycles. The smallest absolute Gasteiger partial charge is 0.222 e. The standard InChI is InChI=1S/C18H21BrFN3O/c1-4-14(24)22-9-10-23-17(19)15(12-5-7-13(20)8-6-12)21-18(23)16(22)11(2)3/h5-8,11,16H,4,9-10H2,1-3H3/t16-/m0/s1. The predicted octanol–water partition coefficient (Wildman–Crippen LogP) is 4.40. The molecule has 2 aromatic rings. The van der Waals surface area contributed by atoms with Crippen molar-refractivity contribution in [1.82, 2.24) is 14.5 Å². The molecule has 0 saturated heterocycles. The molecule has 1 aliphatic rings. The van der Waals surface area contributed by atoms with Gasteiger partial charge >= 0.3 is 0 Å². The molecule has 24 heavy (non-hydrogen) atoms. The predicted molar refractivity (Wildman–Crippen MR) is 94.9 cm³/mol. The Kier molecular flexibility index (Phi) is 4.76. The van der Waals surface area contributed by atoms with Crippen LogP contribution in [0.25, 0.3) is 11.3 Å². The van der Waals surface area contributed by atoms with Gasteiger partial charge in [-0.3, -0.25) is 4.79 Å². The molecule has 2 heterocycles. The Hall–Kier alpha value is -1.69. The number of carbonyl (C=O) groups is 1. The summed E-state index contributed by atoms with van der Waals surface area (Å²) in [7, 11) is 0. The molecule has 4 nitrogen and oxygen atoms in total. The molecule has 1 aromatic heterocycles. The van der Waals surface area contributed by atoms with Gasteiger partial charge in [-0.25, -0.2) is 9.37 Å². The Balaban J connectivity index is 2.08. The first-order valence-electron chi connectivity index (χ1n) is 8.25. The van der Waals surface area contributed by atoms with Gasteiger partial charge in [-0.15, -0.1) is 0 Å². The summed E-state index contributed by atoms with van der Waals surface area (Å²) in [6, 6.07) is 6.29. The quantitative estimate of drug-likeness (QED) is 0.774. The second-order valence-corrected chi connectivity index (χ2v) is 7.15. The average molecular weight is 394 g/mol. The van der Waals surface area contributed by atoms with Crippen LogP contribution in [0.2, 0.25) is 0 Å². The van der Waals surface area contributed by atoms with Gasteiger partial charge in [0.2, 0.25) is 5.91 Å². The van der Waals surface area contributed by atoms with Gasteiger partial charge in [0.1, 0.15) is 21.9 Å². The molecule has 0 spiro atoms. The van der Waals surface area contributed by atoms with Crippen molar-refractivity contribution in [1.29, 1.82) is 0 Å². The van der Waals surface area contributed by atoms with Gasteiger partial charge in [-0.05, 0) is 46.1 Å². The van der Waals surface area contributed by atoms with E-state index in [4.69, 9.17) is 4.98 Å². The van der Waals surface area contributed by atoms with Crippen molar-refractivity contribution in [2.24, 2.45) is 5.92 Å². The highest BCUT2D eigenvalue weighted by Gasteiger charge is 2.36. The van der Waals surface area contributed by atoms with E-state index in [1.54, 1.807) is 12.1 Å². The number of halogens is 2. The minimum Gasteiger partial charge on any atom is -0.330 e. The van der Waals surface area contributed by atoms with Crippen LogP contribution < -0.4 is 0 Å². The Morgan fingerprint density at radius 1 is 1.33 bits per heavy atom. The molecule has 0 saturated carbocycles. The van der Waals surface area contributed by atoms with E-state index in [0.717, 1.165) is 21.7 Å². The molecule has 3 rings (SSSR count). The third-order valence-electron chi connectivity index (χ3n) is 4.47. The Morgan fingerprint density at radius 2 is 2.00 bits per heavy atom. The lowest BCUT2D eigenvalue weighted by atomic mass is 9.99. The third kappa shape index (κ3) is 2.88. The number of nitrogens with zero attached hydrogens (tertiary/aromatic N) is 3. The van der Waals surface area contributed by atoms with Crippen molar-refractivity contribution in [3.8, 4) is 11.3 Å². The van der Waals surface area contributed by atoms with Gasteiger partial charge in [0.15, 0.2) is 0 Å². The average Bonchev–Trinajstić information content (AvgIpc) is 2.90. The molecule has 6 heteroatoms. The van der Waals surface area contributed by atoms with Gasteiger partial charge in [0, 0.05) is 25.1 Å². The first kappa shape index (κ1) is 17.1. The number of imidazole rings is 1. The first-order valence-corrected chi connectivity index (χ1v) is 9.04. The zero-order chi connectivity index (χ0) is 17.4. The zero-order valence-electron chi connectivity index (χ0n) is 14.1. The molecule has 128 valence electrons. The number of carbonyl (C=O) groups excluding carboxylic acids is 1. The Morgan fingerprint density at radius 3 is 2.58 bits per heavy atom. The van der Waals surface area contributed by atoms with E-state index >= 15 is 0 Å². The summed E-state index contributed by atoms with van der Waals surface area (Å²) in [4.78, 5) is 19.1. The monoisotopic (exact) mass is 393 g/mol. The number of rotatable bonds is 3. The first-order chi connectivity index (χ1) is 11.4. The normalized spacial score (nSPS) is 17.2. The fraction of sp³-hybridized carbons (Fsp3) is 0.444. The van der Waals surface area contributed by atoms with Crippen molar-refractivity contribution in [2.45, 2.75) is 39.8 Å². The SMILES string of the molecule is CCC(=O)N1CCn2c(nc(-c3ccc(F)cc3)c2Br)[C@@H]1C(C)C. The van der Waals surface area contributed by atoms with Crippen LogP contribution in [0.1, 0.15) is 39.1 Å². The van der Waals surface area contributed by atoms with E-state index in [0.29, 0.717) is 19.5 Å². The highest BCUT2D eigenvalue weighted by Crippen LogP contribution is 2.38. The third-order valence-corrected chi connectivity index (χ3v) is 5.28. The summed E-state index contributed by atoms with van der Waals surface area (Å²) in [6.45, 7) is 7.49. The van der Waals surface area contributed by atoms with Gasteiger partial charge in [-0.2, -0.15) is 0 Å². The van der Waals surface area contributed by atoms with Crippen molar-refractivity contribution in [2.75, 3.05) is 6.54 Å². The van der Waals surface area contributed by atoms with Crippen LogP contribution in [-0.4, -0.2) is 26.9 Å². The summed E-state index contributed by atoms with van der Waals surface area (Å²) in [5.41, 5.74) is 1.66. The van der Waals surface area contributed by atoms with Crippen molar-refractivity contribution in [3.63, 3.8) is 0 Å². The number of hydrogen-bond donors (Lipinski definition) is 0. The molecule has 0 fully saturated rings. The van der Waals surface area contributed by atoms with Gasteiger partial charge in [-0.1, -0.05) is 20.8 Å². The van der Waals surface area contributed by atoms with E-state index in [2.05, 4.69) is 34.3 Å². The fourth-order valence-corrected chi connectivity index (χ4v) is 3.98. The number of aromatic nitrogens is 2. The topological polar surface area (TPSA) is 38.1 Å². The van der Waals surface area contributed by atoms with Crippen LogP contribution in [0.4, 0.5) is 4.39 Å². The second kappa shape index (κ2) is 6.67. The van der Waals surface area contributed by atoms with Crippen LogP contribution in [-0.2, 0) is 11.3 Å². The molecule has 0 aliphatic carbocycles. The number of amides is 1. The van der Waals surface area contributed by atoms with Crippen molar-refractivity contribution < 1.29 is 9.18 Å². The molecular formula is C18H21BrFN3O. The number of fused-ring (bicyclic) bond motifs is 1. The van der Waals surface area contributed by atoms with Crippen LogP contribution in [0.3, 0.4) is 0 Å². The van der Waals surface area contributed by atoms with E-state index in [9.17, 15) is 9.18 Å². The summed E-state index contributed by atoms with van der Waals surface area (Å²) in [6.07, 6.45) is 0.496. The molecule has 0 radical (unpaired) electrons. The lowest BCUT2D eigenvalue weighted by molar-refractivity contribution is -0.135. The van der Waals surface area contributed by atoms with E-state index in [1.165, 1.54) is 12.1 Å². The maximum absolute atomic E-state index is 13.2. The summed E-state index contributed by atoms with van der Waals surface area (Å²) < 4.78 is 16.2. The van der Waals surface area contributed by atoms with E-state index < -0.39 is 0 Å². The Labute approximate surface area is 149 Å². The summed E-state index contributed by atoms with van der Waals surface area (Å²) in [5, 5.41) is 0. The van der Waals surface area contributed by atoms with Crippen LogP contribution >= 0.6 is 15.9 Å². The minimum atomic E-state index is -0.265. The van der Waals surface area contributed by atoms with Crippen molar-refractivity contribution >= 4 is 21.8 Å². The maximum atomic E-state index is 13.2. The largest absolute Gasteiger partial charge is 0.330 e. The van der Waals surface area contributed by atoms with Gasteiger partial charge < -0.3 is 9.47 Å². The van der Waals surface area contributed by atoms with E-state index in [1.807, 2.05) is 11.8 Å². The van der Waals surface area contributed by atoms with E-state index in [-0.39, 0.29) is 23.7 Å². The van der Waals surface area contributed by atoms with Crippen LogP contribution in [0, 0.1) is 11.7 Å². The highest BCUT2D eigenvalue weighted by molar-refractivity contribution is 9.10. The lowest BCUT2D eigenvalue weighted by Crippen LogP contribution is -2.44. The maximum Gasteiger partial charge on any atom is 0.222 e. The highest BCUT2D eigenvalue weighted by atomic mass is 79.9. The molecule has 0 N–H and O–H groups in total.